The highest BCUT2D eigenvalue weighted by molar-refractivity contribution is 7.87. The van der Waals surface area contributed by atoms with Crippen molar-refractivity contribution in [3.05, 3.63) is 30.3 Å². The molecule has 0 radical (unpaired) electrons. The highest BCUT2D eigenvalue weighted by Gasteiger charge is 2.54. The zero-order chi connectivity index (χ0) is 17.3. The third-order valence-corrected chi connectivity index (χ3v) is 7.69. The summed E-state index contributed by atoms with van der Waals surface area (Å²) in [7, 11) is -8.45. The third kappa shape index (κ3) is 4.83. The lowest BCUT2D eigenvalue weighted by molar-refractivity contribution is 0.0699. The minimum Gasteiger partial charge on any atom is -0.307 e. The second-order valence-corrected chi connectivity index (χ2v) is 10.8. The largest absolute Gasteiger partial charge is 0.365 e. The zero-order valence-corrected chi connectivity index (χ0v) is 15.9. The predicted molar refractivity (Wildman–Crippen MR) is 87.5 cm³/mol. The van der Waals surface area contributed by atoms with Crippen molar-refractivity contribution >= 4 is 52.5 Å². The van der Waals surface area contributed by atoms with Crippen molar-refractivity contribution in [3.8, 4) is 0 Å². The van der Waals surface area contributed by atoms with Crippen LogP contribution in [0.4, 0.5) is 0 Å². The Morgan fingerprint density at radius 3 is 2.43 bits per heavy atom. The molecule has 11 heteroatoms. The molecule has 1 aromatic rings. The van der Waals surface area contributed by atoms with Crippen LogP contribution in [-0.4, -0.2) is 30.8 Å². The minimum absolute atomic E-state index is 0.0738. The van der Waals surface area contributed by atoms with Gasteiger partial charge in [-0.2, -0.15) is 8.42 Å². The molecule has 1 heterocycles. The van der Waals surface area contributed by atoms with Crippen molar-refractivity contribution in [2.75, 3.05) is 6.61 Å². The van der Waals surface area contributed by atoms with Gasteiger partial charge < -0.3 is 9.05 Å². The number of hydrogen-bond acceptors (Lipinski definition) is 6. The van der Waals surface area contributed by atoms with Crippen LogP contribution in [0.2, 0.25) is 0 Å². The highest BCUT2D eigenvalue weighted by Crippen LogP contribution is 2.63. The van der Waals surface area contributed by atoms with Crippen molar-refractivity contribution in [1.29, 1.82) is 0 Å². The summed E-state index contributed by atoms with van der Waals surface area (Å²) in [6.45, 7) is 1.72. The molecule has 0 aromatic heterocycles. The lowest BCUT2D eigenvalue weighted by Crippen LogP contribution is -2.35. The van der Waals surface area contributed by atoms with Gasteiger partial charge in [-0.25, -0.2) is 4.18 Å². The van der Waals surface area contributed by atoms with E-state index in [0.29, 0.717) is 6.42 Å². The van der Waals surface area contributed by atoms with Gasteiger partial charge in [0.25, 0.3) is 10.1 Å². The van der Waals surface area contributed by atoms with Gasteiger partial charge in [0.05, 0.1) is 17.6 Å². The normalized spacial score (nSPS) is 27.6. The van der Waals surface area contributed by atoms with Crippen molar-refractivity contribution in [3.63, 3.8) is 0 Å². The summed E-state index contributed by atoms with van der Waals surface area (Å²) in [6.07, 6.45) is 0.0228. The van der Waals surface area contributed by atoms with E-state index in [1.54, 1.807) is 13.0 Å². The van der Waals surface area contributed by atoms with E-state index in [2.05, 4.69) is 0 Å². The number of alkyl halides is 3. The van der Waals surface area contributed by atoms with Crippen LogP contribution in [0.3, 0.4) is 0 Å². The molecule has 0 unspecified atom stereocenters. The van der Waals surface area contributed by atoms with E-state index in [0.717, 1.165) is 0 Å². The summed E-state index contributed by atoms with van der Waals surface area (Å²) < 4.78 is 50.4. The van der Waals surface area contributed by atoms with E-state index >= 15 is 0 Å². The molecule has 1 aliphatic rings. The van der Waals surface area contributed by atoms with Crippen LogP contribution in [0.5, 0.6) is 0 Å². The van der Waals surface area contributed by atoms with Crippen LogP contribution in [0.25, 0.3) is 0 Å². The predicted octanol–water partition coefficient (Wildman–Crippen LogP) is 4.11. The summed E-state index contributed by atoms with van der Waals surface area (Å²) in [5.74, 6) is -1.92. The number of hydrogen-bond donors (Lipinski definition) is 0. The maximum atomic E-state index is 12.8. The fraction of sp³-hybridized carbons (Fsp3) is 0.500. The van der Waals surface area contributed by atoms with Gasteiger partial charge in [-0.3, -0.25) is 4.57 Å². The van der Waals surface area contributed by atoms with Crippen LogP contribution < -0.4 is 0 Å². The molecular weight excluding hydrogens is 410 g/mol. The second-order valence-electron chi connectivity index (χ2n) is 4.84. The number of halogens is 3. The molecule has 1 fully saturated rings. The van der Waals surface area contributed by atoms with E-state index in [-0.39, 0.29) is 11.5 Å². The smallest absolute Gasteiger partial charge is 0.307 e. The van der Waals surface area contributed by atoms with Crippen LogP contribution in [-0.2, 0) is 27.9 Å². The summed E-state index contributed by atoms with van der Waals surface area (Å²) >= 11 is 17.3. The Morgan fingerprint density at radius 2 is 1.91 bits per heavy atom. The summed E-state index contributed by atoms with van der Waals surface area (Å²) in [4.78, 5) is -0.170. The van der Waals surface area contributed by atoms with Crippen molar-refractivity contribution in [2.45, 2.75) is 34.0 Å². The summed E-state index contributed by atoms with van der Waals surface area (Å²) in [6, 6.07) is 7.22. The Labute approximate surface area is 149 Å². The van der Waals surface area contributed by atoms with E-state index in [1.807, 2.05) is 0 Å². The first kappa shape index (κ1) is 19.5. The standard InChI is InChI=1S/C12H14Cl3O6PS/c1-9-7-8-19-22(16,20-9)11(12(13,14)15)21-23(17,18)10-5-3-2-4-6-10/h2-6,9,11H,7-8H2,1H3/t9-,11-,22-/m0/s1. The van der Waals surface area contributed by atoms with Crippen LogP contribution in [0.1, 0.15) is 13.3 Å². The molecule has 1 aliphatic heterocycles. The first-order valence-corrected chi connectivity index (χ1v) is 10.7. The van der Waals surface area contributed by atoms with E-state index < -0.39 is 33.5 Å². The van der Waals surface area contributed by atoms with Gasteiger partial charge in [-0.1, -0.05) is 53.0 Å². The summed E-state index contributed by atoms with van der Waals surface area (Å²) in [5, 5.41) is 0. The molecule has 1 aromatic carbocycles. The van der Waals surface area contributed by atoms with Crippen molar-refractivity contribution < 1.29 is 26.2 Å². The molecule has 1 saturated heterocycles. The van der Waals surface area contributed by atoms with Crippen LogP contribution in [0, 0.1) is 0 Å². The van der Waals surface area contributed by atoms with Crippen LogP contribution in [0.15, 0.2) is 35.2 Å². The SMILES string of the molecule is C[C@H]1CCO[P@@](=O)([C@H](OS(=O)(=O)c2ccccc2)C(Cl)(Cl)Cl)O1. The van der Waals surface area contributed by atoms with Gasteiger partial charge in [0.2, 0.25) is 9.64 Å². The molecule has 23 heavy (non-hydrogen) atoms. The third-order valence-electron chi connectivity index (χ3n) is 2.94. The molecule has 6 nitrogen and oxygen atoms in total. The molecule has 2 rings (SSSR count). The fourth-order valence-corrected chi connectivity index (χ4v) is 6.60. The minimum atomic E-state index is -4.33. The summed E-state index contributed by atoms with van der Waals surface area (Å²) in [5.41, 5.74) is 0. The Balaban J connectivity index is 2.36. The molecule has 3 atom stereocenters. The molecule has 0 aliphatic carbocycles. The molecule has 0 bridgehead atoms. The number of benzene rings is 1. The van der Waals surface area contributed by atoms with Crippen molar-refractivity contribution in [2.24, 2.45) is 0 Å². The molecular formula is C12H14Cl3O6PS. The molecule has 0 saturated carbocycles. The van der Waals surface area contributed by atoms with Gasteiger partial charge in [-0.15, -0.1) is 0 Å². The lowest BCUT2D eigenvalue weighted by Gasteiger charge is -2.35. The maximum absolute atomic E-state index is 12.8. The quantitative estimate of drug-likeness (QED) is 0.412. The van der Waals surface area contributed by atoms with E-state index in [9.17, 15) is 13.0 Å². The molecule has 0 N–H and O–H groups in total. The average Bonchev–Trinajstić information content (AvgIpc) is 2.44. The zero-order valence-electron chi connectivity index (χ0n) is 11.9. The first-order valence-electron chi connectivity index (χ1n) is 6.52. The monoisotopic (exact) mass is 422 g/mol. The van der Waals surface area contributed by atoms with Gasteiger partial charge in [0.1, 0.15) is 0 Å². The van der Waals surface area contributed by atoms with Gasteiger partial charge in [0, 0.05) is 0 Å². The van der Waals surface area contributed by atoms with E-state index in [4.69, 9.17) is 48.0 Å². The lowest BCUT2D eigenvalue weighted by atomic mass is 10.3. The Morgan fingerprint density at radius 1 is 1.30 bits per heavy atom. The topological polar surface area (TPSA) is 78.9 Å². The Bertz CT molecular complexity index is 690. The van der Waals surface area contributed by atoms with Crippen LogP contribution >= 0.6 is 42.4 Å². The molecule has 130 valence electrons. The molecule has 0 amide bonds. The van der Waals surface area contributed by atoms with Gasteiger partial charge in [-0.05, 0) is 25.5 Å². The second kappa shape index (κ2) is 7.18. The van der Waals surface area contributed by atoms with Crippen molar-refractivity contribution in [1.82, 2.24) is 0 Å². The molecule has 0 spiro atoms. The Hall–Kier alpha value is 0.150. The van der Waals surface area contributed by atoms with E-state index in [1.165, 1.54) is 24.3 Å². The number of rotatable bonds is 4. The van der Waals surface area contributed by atoms with Gasteiger partial charge >= 0.3 is 7.60 Å². The van der Waals surface area contributed by atoms with Gasteiger partial charge in [0.15, 0.2) is 0 Å². The highest BCUT2D eigenvalue weighted by atomic mass is 35.6. The first-order chi connectivity index (χ1) is 10.5. The Kier molecular flexibility index (Phi) is 6.08. The average molecular weight is 424 g/mol. The maximum Gasteiger partial charge on any atom is 0.365 e. The fourth-order valence-electron chi connectivity index (χ4n) is 1.85.